The smallest absolute Gasteiger partial charge is 0.265 e. The van der Waals surface area contributed by atoms with Crippen molar-refractivity contribution in [2.45, 2.75) is 24.2 Å². The van der Waals surface area contributed by atoms with Gasteiger partial charge in [0.1, 0.15) is 6.61 Å². The molecule has 0 heterocycles. The molecule has 1 aromatic rings. The number of benzene rings is 1. The van der Waals surface area contributed by atoms with Crippen LogP contribution in [0.3, 0.4) is 0 Å². The van der Waals surface area contributed by atoms with Crippen molar-refractivity contribution in [1.82, 2.24) is 0 Å². The van der Waals surface area contributed by atoms with Gasteiger partial charge in [0, 0.05) is 0 Å². The third kappa shape index (κ3) is 6.21. The molecule has 0 fully saturated rings. The number of hydrogen-bond acceptors (Lipinski definition) is 2. The van der Waals surface area contributed by atoms with Crippen LogP contribution in [0.2, 0.25) is 0 Å². The number of ether oxygens (including phenoxy) is 1. The van der Waals surface area contributed by atoms with Gasteiger partial charge in [-0.1, -0.05) is 79.0 Å². The Labute approximate surface area is 111 Å². The molecule has 0 bridgehead atoms. The van der Waals surface area contributed by atoms with Crippen molar-refractivity contribution in [1.29, 1.82) is 5.41 Å². The summed E-state index contributed by atoms with van der Waals surface area (Å²) < 4.78 is 3.20. The summed E-state index contributed by atoms with van der Waals surface area (Å²) in [6.07, 6.45) is 0. The Balaban J connectivity index is 0.00000106. The lowest BCUT2D eigenvalue weighted by molar-refractivity contribution is 0.284. The first kappa shape index (κ1) is 15.6. The third-order valence-corrected chi connectivity index (χ3v) is 2.00. The van der Waals surface area contributed by atoms with Crippen LogP contribution in [0.1, 0.15) is 19.4 Å². The SMILES string of the molecule is CC.N=C(OCc1ccccc1)C(Cl)(Cl)Cl. The van der Waals surface area contributed by atoms with Crippen LogP contribution >= 0.6 is 34.8 Å². The first-order chi connectivity index (χ1) is 7.50. The number of hydrogen-bond donors (Lipinski definition) is 1. The highest BCUT2D eigenvalue weighted by Gasteiger charge is 2.28. The van der Waals surface area contributed by atoms with Gasteiger partial charge in [-0.2, -0.15) is 0 Å². The molecule has 0 aromatic heterocycles. The molecular formula is C11H14Cl3NO. The van der Waals surface area contributed by atoms with Crippen molar-refractivity contribution in [3.05, 3.63) is 35.9 Å². The van der Waals surface area contributed by atoms with Gasteiger partial charge < -0.3 is 4.74 Å². The lowest BCUT2D eigenvalue weighted by Crippen LogP contribution is -2.20. The van der Waals surface area contributed by atoms with Crippen molar-refractivity contribution in [3.63, 3.8) is 0 Å². The zero-order valence-electron chi connectivity index (χ0n) is 9.14. The highest BCUT2D eigenvalue weighted by molar-refractivity contribution is 6.75. The molecule has 1 rings (SSSR count). The second kappa shape index (κ2) is 7.77. The van der Waals surface area contributed by atoms with Crippen molar-refractivity contribution in [3.8, 4) is 0 Å². The van der Waals surface area contributed by atoms with Crippen LogP contribution < -0.4 is 0 Å². The Kier molecular flexibility index (Phi) is 7.56. The molecule has 0 spiro atoms. The highest BCUT2D eigenvalue weighted by atomic mass is 35.6. The minimum Gasteiger partial charge on any atom is -0.473 e. The van der Waals surface area contributed by atoms with Gasteiger partial charge in [0.2, 0.25) is 5.90 Å². The summed E-state index contributed by atoms with van der Waals surface area (Å²) in [6.45, 7) is 4.23. The second-order valence-corrected chi connectivity index (χ2v) is 4.88. The molecule has 2 nitrogen and oxygen atoms in total. The van der Waals surface area contributed by atoms with E-state index in [0.29, 0.717) is 0 Å². The predicted molar refractivity (Wildman–Crippen MR) is 70.6 cm³/mol. The highest BCUT2D eigenvalue weighted by Crippen LogP contribution is 2.28. The van der Waals surface area contributed by atoms with E-state index >= 15 is 0 Å². The number of halogens is 3. The van der Waals surface area contributed by atoms with Crippen LogP contribution in [0.4, 0.5) is 0 Å². The maximum absolute atomic E-state index is 7.27. The van der Waals surface area contributed by atoms with Gasteiger partial charge in [0.25, 0.3) is 3.79 Å². The first-order valence-corrected chi connectivity index (χ1v) is 5.96. The molecule has 0 amide bonds. The van der Waals surface area contributed by atoms with E-state index in [9.17, 15) is 0 Å². The Morgan fingerprint density at radius 3 is 2.12 bits per heavy atom. The van der Waals surface area contributed by atoms with Crippen molar-refractivity contribution in [2.75, 3.05) is 0 Å². The van der Waals surface area contributed by atoms with E-state index in [0.717, 1.165) is 5.56 Å². The third-order valence-electron chi connectivity index (χ3n) is 1.48. The van der Waals surface area contributed by atoms with E-state index in [1.54, 1.807) is 0 Å². The van der Waals surface area contributed by atoms with Gasteiger partial charge in [-0.05, 0) is 5.56 Å². The first-order valence-electron chi connectivity index (χ1n) is 4.82. The van der Waals surface area contributed by atoms with Gasteiger partial charge in [-0.25, -0.2) is 0 Å². The second-order valence-electron chi connectivity index (χ2n) is 2.60. The molecule has 5 heteroatoms. The normalized spacial score (nSPS) is 10.1. The quantitative estimate of drug-likeness (QED) is 0.481. The molecule has 0 radical (unpaired) electrons. The molecule has 0 aliphatic rings. The van der Waals surface area contributed by atoms with E-state index < -0.39 is 3.79 Å². The zero-order chi connectivity index (χ0) is 12.6. The summed E-state index contributed by atoms with van der Waals surface area (Å²) in [4.78, 5) is 0. The molecule has 0 unspecified atom stereocenters. The van der Waals surface area contributed by atoms with E-state index in [2.05, 4.69) is 0 Å². The minimum absolute atomic E-state index is 0.230. The summed E-state index contributed by atoms with van der Waals surface area (Å²) in [7, 11) is 0. The standard InChI is InChI=1S/C9H8Cl3NO.C2H6/c10-9(11,12)8(13)14-6-7-4-2-1-3-5-7;1-2/h1-5,13H,6H2;1-2H3. The molecule has 0 aliphatic heterocycles. The van der Waals surface area contributed by atoms with Crippen LogP contribution in [0, 0.1) is 5.41 Å². The number of rotatable bonds is 2. The van der Waals surface area contributed by atoms with Crippen LogP contribution in [0.5, 0.6) is 0 Å². The number of nitrogens with one attached hydrogen (secondary N) is 1. The molecule has 90 valence electrons. The van der Waals surface area contributed by atoms with Crippen molar-refractivity contribution >= 4 is 40.7 Å². The number of alkyl halides is 3. The fourth-order valence-corrected chi connectivity index (χ4v) is 0.975. The van der Waals surface area contributed by atoms with E-state index in [1.807, 2.05) is 44.2 Å². The Morgan fingerprint density at radius 1 is 1.19 bits per heavy atom. The fraction of sp³-hybridized carbons (Fsp3) is 0.364. The molecular weight excluding hydrogens is 268 g/mol. The zero-order valence-corrected chi connectivity index (χ0v) is 11.4. The fourth-order valence-electron chi connectivity index (χ4n) is 0.812. The Bertz CT molecular complexity index is 309. The summed E-state index contributed by atoms with van der Waals surface area (Å²) in [5, 5.41) is 7.27. The Morgan fingerprint density at radius 2 is 1.69 bits per heavy atom. The molecule has 16 heavy (non-hydrogen) atoms. The van der Waals surface area contributed by atoms with Gasteiger partial charge in [0.15, 0.2) is 0 Å². The minimum atomic E-state index is -1.78. The van der Waals surface area contributed by atoms with Gasteiger partial charge in [-0.15, -0.1) is 0 Å². The Hall–Kier alpha value is -0.440. The van der Waals surface area contributed by atoms with Crippen LogP contribution in [-0.4, -0.2) is 9.69 Å². The van der Waals surface area contributed by atoms with Gasteiger partial charge in [-0.3, -0.25) is 5.41 Å². The molecule has 0 atom stereocenters. The van der Waals surface area contributed by atoms with Crippen LogP contribution in [0.25, 0.3) is 0 Å². The van der Waals surface area contributed by atoms with Gasteiger partial charge in [0.05, 0.1) is 0 Å². The average Bonchev–Trinajstić information content (AvgIpc) is 2.28. The maximum atomic E-state index is 7.27. The largest absolute Gasteiger partial charge is 0.473 e. The van der Waals surface area contributed by atoms with E-state index in [-0.39, 0.29) is 12.5 Å². The van der Waals surface area contributed by atoms with Crippen molar-refractivity contribution < 1.29 is 4.74 Å². The lowest BCUT2D eigenvalue weighted by Gasteiger charge is -2.13. The summed E-state index contributed by atoms with van der Waals surface area (Å²) in [6, 6.07) is 9.37. The average molecular weight is 283 g/mol. The molecule has 1 N–H and O–H groups in total. The molecule has 0 aliphatic carbocycles. The van der Waals surface area contributed by atoms with Crippen LogP contribution in [0.15, 0.2) is 30.3 Å². The monoisotopic (exact) mass is 281 g/mol. The summed E-state index contributed by atoms with van der Waals surface area (Å²) in [5.41, 5.74) is 0.923. The molecule has 0 saturated heterocycles. The van der Waals surface area contributed by atoms with E-state index in [1.165, 1.54) is 0 Å². The predicted octanol–water partition coefficient (Wildman–Crippen LogP) is 4.58. The lowest BCUT2D eigenvalue weighted by atomic mass is 10.2. The topological polar surface area (TPSA) is 33.1 Å². The van der Waals surface area contributed by atoms with E-state index in [4.69, 9.17) is 44.9 Å². The van der Waals surface area contributed by atoms with Crippen molar-refractivity contribution in [2.24, 2.45) is 0 Å². The van der Waals surface area contributed by atoms with Gasteiger partial charge >= 0.3 is 0 Å². The van der Waals surface area contributed by atoms with Crippen LogP contribution in [-0.2, 0) is 11.3 Å². The molecule has 0 saturated carbocycles. The summed E-state index contributed by atoms with van der Waals surface area (Å²) >= 11 is 16.3. The summed E-state index contributed by atoms with van der Waals surface area (Å²) in [5.74, 6) is -0.369. The molecule has 1 aromatic carbocycles. The maximum Gasteiger partial charge on any atom is 0.265 e.